The van der Waals surface area contributed by atoms with Gasteiger partial charge in [0.2, 0.25) is 5.84 Å². The second-order valence-electron chi connectivity index (χ2n) is 9.05. The molecule has 2 atom stereocenters. The lowest BCUT2D eigenvalue weighted by molar-refractivity contribution is -0.133. The standard InChI is InChI=1S/C27H22Cl2N6O4/c1-38-24(36)21-15-27(35(31-21)19-13-9-17(29)10-14-19)26-33(22-6-4-3-5-20(22)30-27)23(25(37)39-2)32-34(26)18-11-7-16(28)8-12-18/h3-14,26,30H,15H2,1-2H3. The number of benzene rings is 3. The van der Waals surface area contributed by atoms with Gasteiger partial charge in [-0.2, -0.15) is 5.10 Å². The fraction of sp³-hybridized carbons (Fsp3) is 0.185. The summed E-state index contributed by atoms with van der Waals surface area (Å²) in [7, 11) is 2.62. The van der Waals surface area contributed by atoms with Crippen molar-refractivity contribution in [1.29, 1.82) is 0 Å². The normalized spacial score (nSPS) is 21.1. The number of hydrogen-bond donors (Lipinski definition) is 1. The highest BCUT2D eigenvalue weighted by atomic mass is 35.5. The molecule has 6 rings (SSSR count). The highest BCUT2D eigenvalue weighted by Crippen LogP contribution is 2.50. The van der Waals surface area contributed by atoms with Crippen molar-refractivity contribution in [3.8, 4) is 0 Å². The maximum atomic E-state index is 13.1. The molecule has 0 amide bonds. The van der Waals surface area contributed by atoms with E-state index in [9.17, 15) is 9.59 Å². The molecule has 3 aliphatic heterocycles. The summed E-state index contributed by atoms with van der Waals surface area (Å²) in [6.45, 7) is 0. The second-order valence-corrected chi connectivity index (χ2v) is 9.92. The van der Waals surface area contributed by atoms with Gasteiger partial charge in [-0.15, -0.1) is 5.10 Å². The average molecular weight is 565 g/mol. The van der Waals surface area contributed by atoms with Crippen LogP contribution in [0.1, 0.15) is 6.42 Å². The molecule has 3 heterocycles. The largest absolute Gasteiger partial charge is 0.464 e. The van der Waals surface area contributed by atoms with Crippen LogP contribution in [0.5, 0.6) is 0 Å². The van der Waals surface area contributed by atoms with Crippen LogP contribution < -0.4 is 20.2 Å². The zero-order chi connectivity index (χ0) is 27.3. The molecule has 2 unspecified atom stereocenters. The number of nitrogens with one attached hydrogen (secondary N) is 1. The molecule has 0 bridgehead atoms. The van der Waals surface area contributed by atoms with Gasteiger partial charge in [-0.1, -0.05) is 35.3 Å². The van der Waals surface area contributed by atoms with Gasteiger partial charge in [0.15, 0.2) is 17.5 Å². The number of carbonyl (C=O) groups is 2. The Balaban J connectivity index is 1.61. The molecule has 3 aromatic carbocycles. The minimum absolute atomic E-state index is 0.0772. The molecule has 1 N–H and O–H groups in total. The number of halogens is 2. The van der Waals surface area contributed by atoms with E-state index in [4.69, 9.17) is 42.9 Å². The van der Waals surface area contributed by atoms with E-state index in [1.807, 2.05) is 53.4 Å². The fourth-order valence-electron chi connectivity index (χ4n) is 5.18. The monoisotopic (exact) mass is 564 g/mol. The van der Waals surface area contributed by atoms with E-state index < -0.39 is 23.8 Å². The highest BCUT2D eigenvalue weighted by Gasteiger charge is 2.62. The zero-order valence-electron chi connectivity index (χ0n) is 20.8. The summed E-state index contributed by atoms with van der Waals surface area (Å²) >= 11 is 12.4. The Hall–Kier alpha value is -4.28. The molecule has 10 nitrogen and oxygen atoms in total. The molecule has 0 aromatic heterocycles. The first-order valence-electron chi connectivity index (χ1n) is 12.0. The molecule has 0 radical (unpaired) electrons. The summed E-state index contributed by atoms with van der Waals surface area (Å²) in [4.78, 5) is 27.8. The van der Waals surface area contributed by atoms with E-state index in [1.54, 1.807) is 34.3 Å². The second kappa shape index (κ2) is 9.48. The molecule has 0 saturated carbocycles. The number of amidine groups is 1. The van der Waals surface area contributed by atoms with E-state index in [1.165, 1.54) is 14.2 Å². The molecule has 12 heteroatoms. The molecule has 0 fully saturated rings. The molecular weight excluding hydrogens is 543 g/mol. The molecule has 0 aliphatic carbocycles. The number of anilines is 4. The van der Waals surface area contributed by atoms with Crippen molar-refractivity contribution in [2.45, 2.75) is 18.2 Å². The van der Waals surface area contributed by atoms with Gasteiger partial charge >= 0.3 is 11.9 Å². The van der Waals surface area contributed by atoms with Crippen LogP contribution in [-0.2, 0) is 19.1 Å². The molecule has 3 aromatic rings. The van der Waals surface area contributed by atoms with E-state index in [2.05, 4.69) is 5.32 Å². The predicted molar refractivity (Wildman–Crippen MR) is 150 cm³/mol. The molecule has 198 valence electrons. The SMILES string of the molecule is COC(=O)C1=NN(c2ccc(Cl)cc2)C2(C1)Nc1ccccc1N1C(C(=O)OC)=NN(c3ccc(Cl)cc3)C12. The lowest BCUT2D eigenvalue weighted by atomic mass is 9.92. The first-order valence-corrected chi connectivity index (χ1v) is 12.7. The third-order valence-corrected chi connectivity index (χ3v) is 7.34. The topological polar surface area (TPSA) is 99.1 Å². The number of rotatable bonds is 4. The minimum atomic E-state index is -1.15. The number of esters is 2. The lowest BCUT2D eigenvalue weighted by Crippen LogP contribution is -2.70. The average Bonchev–Trinajstić information content (AvgIpc) is 3.54. The van der Waals surface area contributed by atoms with Crippen LogP contribution >= 0.6 is 23.2 Å². The molecule has 0 saturated heterocycles. The third-order valence-electron chi connectivity index (χ3n) is 6.84. The smallest absolute Gasteiger partial charge is 0.376 e. The number of hydrazone groups is 2. The predicted octanol–water partition coefficient (Wildman–Crippen LogP) is 4.69. The van der Waals surface area contributed by atoms with Crippen LogP contribution in [0.2, 0.25) is 10.0 Å². The summed E-state index contributed by atoms with van der Waals surface area (Å²) < 4.78 is 10.2. The van der Waals surface area contributed by atoms with Crippen LogP contribution in [0.25, 0.3) is 0 Å². The maximum Gasteiger partial charge on any atom is 0.376 e. The van der Waals surface area contributed by atoms with Crippen LogP contribution in [0.15, 0.2) is 83.0 Å². The van der Waals surface area contributed by atoms with Crippen molar-refractivity contribution in [1.82, 2.24) is 0 Å². The Morgan fingerprint density at radius 2 is 1.49 bits per heavy atom. The summed E-state index contributed by atoms with van der Waals surface area (Å²) in [5.41, 5.74) is 1.79. The van der Waals surface area contributed by atoms with Gasteiger partial charge in [0.05, 0.1) is 37.0 Å². The van der Waals surface area contributed by atoms with Crippen LogP contribution in [0.3, 0.4) is 0 Å². The van der Waals surface area contributed by atoms with Crippen LogP contribution in [0, 0.1) is 0 Å². The Labute approximate surface area is 234 Å². The van der Waals surface area contributed by atoms with E-state index in [0.717, 1.165) is 0 Å². The van der Waals surface area contributed by atoms with Gasteiger partial charge in [0, 0.05) is 16.5 Å². The molecule has 3 aliphatic rings. The van der Waals surface area contributed by atoms with Crippen molar-refractivity contribution < 1.29 is 19.1 Å². The number of hydrogen-bond acceptors (Lipinski definition) is 10. The van der Waals surface area contributed by atoms with Crippen LogP contribution in [0.4, 0.5) is 22.7 Å². The maximum absolute atomic E-state index is 13.1. The number of fused-ring (bicyclic) bond motifs is 4. The van der Waals surface area contributed by atoms with Crippen molar-refractivity contribution in [2.75, 3.05) is 34.5 Å². The summed E-state index contributed by atoms with van der Waals surface area (Å²) in [5.74, 6) is -1.11. The van der Waals surface area contributed by atoms with E-state index in [-0.39, 0.29) is 18.0 Å². The summed E-state index contributed by atoms with van der Waals surface area (Å²) in [5, 5.41) is 17.7. The van der Waals surface area contributed by atoms with E-state index >= 15 is 0 Å². The quantitative estimate of drug-likeness (QED) is 0.455. The molecular formula is C27H22Cl2N6O4. The summed E-state index contributed by atoms with van der Waals surface area (Å²) in [6.07, 6.45) is -0.601. The summed E-state index contributed by atoms with van der Waals surface area (Å²) in [6, 6.07) is 21.7. The lowest BCUT2D eigenvalue weighted by Gasteiger charge is -2.52. The first-order chi connectivity index (χ1) is 18.9. The third kappa shape index (κ3) is 3.95. The first kappa shape index (κ1) is 25.0. The van der Waals surface area contributed by atoms with Gasteiger partial charge in [-0.3, -0.25) is 4.90 Å². The van der Waals surface area contributed by atoms with Gasteiger partial charge < -0.3 is 14.8 Å². The zero-order valence-corrected chi connectivity index (χ0v) is 22.3. The fourth-order valence-corrected chi connectivity index (χ4v) is 5.43. The molecule has 39 heavy (non-hydrogen) atoms. The molecule has 1 spiro atoms. The van der Waals surface area contributed by atoms with Crippen molar-refractivity contribution in [3.63, 3.8) is 0 Å². The van der Waals surface area contributed by atoms with Crippen LogP contribution in [-0.4, -0.2) is 49.5 Å². The van der Waals surface area contributed by atoms with Gasteiger partial charge in [0.1, 0.15) is 0 Å². The highest BCUT2D eigenvalue weighted by molar-refractivity contribution is 6.43. The van der Waals surface area contributed by atoms with Gasteiger partial charge in [0.25, 0.3) is 0 Å². The Kier molecular flexibility index (Phi) is 6.08. The Bertz CT molecular complexity index is 1530. The van der Waals surface area contributed by atoms with Crippen molar-refractivity contribution in [2.24, 2.45) is 10.2 Å². The van der Waals surface area contributed by atoms with Crippen molar-refractivity contribution in [3.05, 3.63) is 82.8 Å². The Morgan fingerprint density at radius 3 is 2.13 bits per heavy atom. The van der Waals surface area contributed by atoms with E-state index in [0.29, 0.717) is 32.8 Å². The van der Waals surface area contributed by atoms with Gasteiger partial charge in [-0.05, 0) is 60.7 Å². The number of ether oxygens (including phenoxy) is 2. The van der Waals surface area contributed by atoms with Gasteiger partial charge in [-0.25, -0.2) is 19.6 Å². The van der Waals surface area contributed by atoms with Crippen molar-refractivity contribution >= 4 is 69.4 Å². The number of para-hydroxylation sites is 2. The number of methoxy groups -OCH3 is 2. The minimum Gasteiger partial charge on any atom is -0.464 e. The number of nitrogens with zero attached hydrogens (tertiary/aromatic N) is 5. The Morgan fingerprint density at radius 1 is 0.872 bits per heavy atom. The number of carbonyl (C=O) groups excluding carboxylic acids is 2.